The van der Waals surface area contributed by atoms with Gasteiger partial charge in [0.2, 0.25) is 0 Å². The molecule has 0 heterocycles. The molecule has 32 heavy (non-hydrogen) atoms. The first-order valence-corrected chi connectivity index (χ1v) is 15.1. The smallest absolute Gasteiger partial charge is 0.155 e. The summed E-state index contributed by atoms with van der Waals surface area (Å²) in [6.07, 6.45) is 19.0. The molecule has 0 radical (unpaired) electrons. The first-order valence-electron chi connectivity index (χ1n) is 13.4. The summed E-state index contributed by atoms with van der Waals surface area (Å²) in [4.78, 5) is 25.7. The van der Waals surface area contributed by atoms with E-state index in [0.29, 0.717) is 29.3 Å². The van der Waals surface area contributed by atoms with Gasteiger partial charge in [-0.25, -0.2) is 0 Å². The van der Waals surface area contributed by atoms with Crippen molar-refractivity contribution in [3.8, 4) is 0 Å². The Kier molecular flexibility index (Phi) is 6.83. The van der Waals surface area contributed by atoms with E-state index in [2.05, 4.69) is 27.7 Å². The Morgan fingerprint density at radius 1 is 0.875 bits per heavy atom. The van der Waals surface area contributed by atoms with Crippen molar-refractivity contribution in [2.75, 3.05) is 12.5 Å². The molecule has 5 fully saturated rings. The molecule has 6 aliphatic rings. The van der Waals surface area contributed by atoms with E-state index in [1.165, 1.54) is 50.5 Å². The van der Waals surface area contributed by atoms with Gasteiger partial charge in [-0.3, -0.25) is 9.59 Å². The van der Waals surface area contributed by atoms with E-state index in [-0.39, 0.29) is 16.2 Å². The maximum absolute atomic E-state index is 13.7. The highest BCUT2D eigenvalue weighted by Gasteiger charge is 2.78. The van der Waals surface area contributed by atoms with Crippen molar-refractivity contribution in [2.24, 2.45) is 45.8 Å². The van der Waals surface area contributed by atoms with Gasteiger partial charge in [-0.15, -0.1) is 0 Å². The molecule has 180 valence electrons. The lowest BCUT2D eigenvalue weighted by atomic mass is 9.47. The van der Waals surface area contributed by atoms with Crippen LogP contribution in [-0.4, -0.2) is 24.1 Å². The van der Waals surface area contributed by atoms with Crippen LogP contribution < -0.4 is 0 Å². The summed E-state index contributed by atoms with van der Waals surface area (Å²) in [6.45, 7) is 9.04. The minimum atomic E-state index is -0.0342. The number of thioether (sulfide) groups is 1. The van der Waals surface area contributed by atoms with Gasteiger partial charge < -0.3 is 0 Å². The largest absolute Gasteiger partial charge is 0.298 e. The lowest BCUT2D eigenvalue weighted by molar-refractivity contribution is -0.136. The maximum atomic E-state index is 13.7. The second-order valence-corrected chi connectivity index (χ2v) is 13.1. The molecule has 0 bridgehead atoms. The van der Waals surface area contributed by atoms with Crippen LogP contribution in [0.15, 0.2) is 11.6 Å². The minimum absolute atomic E-state index is 0.0342. The minimum Gasteiger partial charge on any atom is -0.298 e. The number of Topliss-reactive ketones (excluding diaryl/α,β-unsaturated/α-hetero) is 1. The topological polar surface area (TPSA) is 34.1 Å². The molecule has 0 aliphatic heterocycles. The molecule has 3 heteroatoms. The quantitative estimate of drug-likeness (QED) is 0.377. The van der Waals surface area contributed by atoms with Crippen molar-refractivity contribution >= 4 is 23.3 Å². The molecule has 0 aromatic carbocycles. The zero-order valence-electron chi connectivity index (χ0n) is 21.5. The summed E-state index contributed by atoms with van der Waals surface area (Å²) >= 11 is 1.75. The highest BCUT2D eigenvalue weighted by Crippen LogP contribution is 2.79. The van der Waals surface area contributed by atoms with Gasteiger partial charge in [0.25, 0.3) is 0 Å². The van der Waals surface area contributed by atoms with Crippen LogP contribution in [0.4, 0.5) is 0 Å². The van der Waals surface area contributed by atoms with Crippen LogP contribution in [-0.2, 0) is 9.59 Å². The monoisotopic (exact) mass is 458 g/mol. The molecule has 2 nitrogen and oxygen atoms in total. The van der Waals surface area contributed by atoms with E-state index in [1.54, 1.807) is 11.8 Å². The predicted molar refractivity (Wildman–Crippen MR) is 136 cm³/mol. The fraction of sp³-hybridized carbons (Fsp3) is 0.862. The lowest BCUT2D eigenvalue weighted by Gasteiger charge is -2.56. The highest BCUT2D eigenvalue weighted by molar-refractivity contribution is 7.97. The molecule has 6 aliphatic carbocycles. The summed E-state index contributed by atoms with van der Waals surface area (Å²) < 4.78 is 0. The van der Waals surface area contributed by atoms with E-state index < -0.39 is 0 Å². The molecule has 0 aromatic heterocycles. The molecular weight excluding hydrogens is 412 g/mol. The lowest BCUT2D eigenvalue weighted by Crippen LogP contribution is -2.50. The van der Waals surface area contributed by atoms with E-state index in [4.69, 9.17) is 0 Å². The van der Waals surface area contributed by atoms with Gasteiger partial charge in [0.1, 0.15) is 5.78 Å². The Labute approximate surface area is 201 Å². The number of fused-ring (bicyclic) bond motifs is 8. The van der Waals surface area contributed by atoms with Gasteiger partial charge in [-0.05, 0) is 105 Å². The Hall–Kier alpha value is -0.570. The zero-order valence-corrected chi connectivity index (χ0v) is 22.3. The first-order chi connectivity index (χ1) is 15.2. The van der Waals surface area contributed by atoms with E-state index in [9.17, 15) is 9.59 Å². The second kappa shape index (κ2) is 8.90. The van der Waals surface area contributed by atoms with Gasteiger partial charge in [0.05, 0.1) is 0 Å². The van der Waals surface area contributed by atoms with Crippen LogP contribution in [0.3, 0.4) is 0 Å². The van der Waals surface area contributed by atoms with Crippen LogP contribution in [0.2, 0.25) is 0 Å². The van der Waals surface area contributed by atoms with E-state index in [1.807, 2.05) is 18.6 Å². The van der Waals surface area contributed by atoms with Gasteiger partial charge >= 0.3 is 0 Å². The van der Waals surface area contributed by atoms with Crippen LogP contribution in [0, 0.1) is 45.8 Å². The molecular formula is C29H46O2S. The maximum Gasteiger partial charge on any atom is 0.155 e. The van der Waals surface area contributed by atoms with Crippen molar-refractivity contribution in [2.45, 2.75) is 98.3 Å². The van der Waals surface area contributed by atoms with Crippen molar-refractivity contribution < 1.29 is 9.59 Å². The number of allylic oxidation sites excluding steroid dienone is 1. The molecule has 0 N–H and O–H groups in total. The van der Waals surface area contributed by atoms with Crippen LogP contribution in [0.25, 0.3) is 0 Å². The second-order valence-electron chi connectivity index (χ2n) is 12.3. The summed E-state index contributed by atoms with van der Waals surface area (Å²) in [5.41, 5.74) is 1.76. The molecule has 5 saturated carbocycles. The van der Waals surface area contributed by atoms with Crippen LogP contribution in [0.5, 0.6) is 0 Å². The Morgan fingerprint density at radius 3 is 2.12 bits per heavy atom. The van der Waals surface area contributed by atoms with Crippen molar-refractivity contribution in [1.29, 1.82) is 0 Å². The molecule has 0 aromatic rings. The van der Waals surface area contributed by atoms with Crippen molar-refractivity contribution in [3.05, 3.63) is 11.6 Å². The number of rotatable bonds is 0. The van der Waals surface area contributed by atoms with Gasteiger partial charge in [0, 0.05) is 17.3 Å². The third-order valence-electron chi connectivity index (χ3n) is 10.6. The van der Waals surface area contributed by atoms with Crippen LogP contribution in [0.1, 0.15) is 98.3 Å². The fourth-order valence-corrected chi connectivity index (χ4v) is 9.25. The van der Waals surface area contributed by atoms with E-state index >= 15 is 0 Å². The molecule has 7 unspecified atom stereocenters. The molecule has 1 spiro atoms. The zero-order chi connectivity index (χ0) is 23.3. The molecule has 6 rings (SSSR count). The Morgan fingerprint density at radius 2 is 1.50 bits per heavy atom. The number of ketones is 2. The predicted octanol–water partition coefficient (Wildman–Crippen LogP) is 7.51. The van der Waals surface area contributed by atoms with Gasteiger partial charge in [-0.2, -0.15) is 11.8 Å². The van der Waals surface area contributed by atoms with Crippen molar-refractivity contribution in [3.63, 3.8) is 0 Å². The van der Waals surface area contributed by atoms with Crippen LogP contribution >= 0.6 is 11.8 Å². The number of carbonyl (C=O) groups is 2. The average molecular weight is 459 g/mol. The Bertz CT molecular complexity index is 772. The molecule has 7 atom stereocenters. The first kappa shape index (κ1) is 24.6. The SMILES string of the molecule is CC12CCC3C(CCC4=CC(=O)CCC43C)C1CC1(C2=O)C2CCCC21.CCC.CSC. The average Bonchev–Trinajstić information content (AvgIpc) is 3.03. The van der Waals surface area contributed by atoms with E-state index in [0.717, 1.165) is 37.5 Å². The molecule has 0 saturated heterocycles. The third kappa shape index (κ3) is 3.42. The number of hydrogen-bond donors (Lipinski definition) is 0. The highest BCUT2D eigenvalue weighted by atomic mass is 32.2. The summed E-state index contributed by atoms with van der Waals surface area (Å²) in [6, 6.07) is 0. The third-order valence-corrected chi connectivity index (χ3v) is 10.6. The normalized spacial score (nSPS) is 47.7. The fourth-order valence-electron chi connectivity index (χ4n) is 9.25. The molecule has 0 amide bonds. The Balaban J connectivity index is 0.000000371. The number of hydrogen-bond acceptors (Lipinski definition) is 3. The van der Waals surface area contributed by atoms with Gasteiger partial charge in [0.15, 0.2) is 5.78 Å². The standard InChI is InChI=1S/C24H32O2.C3H8.C2H6S/c1-22-10-8-15(25)12-14(22)6-7-16-17(22)9-11-23(2)20(16)13-24(21(23)26)18-4-3-5-19(18)24;2*1-3-2/h12,16-20H,3-11,13H2,1-2H3;3H2,1-2H3;1-2H3. The summed E-state index contributed by atoms with van der Waals surface area (Å²) in [7, 11) is 0. The van der Waals surface area contributed by atoms with Crippen molar-refractivity contribution in [1.82, 2.24) is 0 Å². The van der Waals surface area contributed by atoms with Gasteiger partial charge in [-0.1, -0.05) is 46.1 Å². The number of carbonyl (C=O) groups excluding carboxylic acids is 2. The summed E-state index contributed by atoms with van der Waals surface area (Å²) in [5.74, 6) is 4.57. The summed E-state index contributed by atoms with van der Waals surface area (Å²) in [5, 5.41) is 0.